The molecular weight excluding hydrogens is 324 g/mol. The van der Waals surface area contributed by atoms with Crippen LogP contribution >= 0.6 is 0 Å². The van der Waals surface area contributed by atoms with Crippen molar-refractivity contribution in [2.75, 3.05) is 13.1 Å². The number of benzene rings is 1. The highest BCUT2D eigenvalue weighted by molar-refractivity contribution is 5.87. The Morgan fingerprint density at radius 2 is 2.04 bits per heavy atom. The van der Waals surface area contributed by atoms with E-state index >= 15 is 0 Å². The molecule has 3 heterocycles. The first kappa shape index (κ1) is 17.6. The monoisotopic (exact) mass is 354 g/mol. The molecule has 2 unspecified atom stereocenters. The van der Waals surface area contributed by atoms with Crippen LogP contribution in [0.1, 0.15) is 57.2 Å². The summed E-state index contributed by atoms with van der Waals surface area (Å²) in [5.41, 5.74) is 2.67. The van der Waals surface area contributed by atoms with E-state index in [0.717, 1.165) is 51.6 Å². The van der Waals surface area contributed by atoms with E-state index in [0.29, 0.717) is 0 Å². The number of fused-ring (bicyclic) bond motifs is 5. The smallest absolute Gasteiger partial charge is 0.311 e. The van der Waals surface area contributed by atoms with Gasteiger partial charge in [-0.05, 0) is 50.8 Å². The highest BCUT2D eigenvalue weighted by Crippen LogP contribution is 2.57. The average molecular weight is 354 g/mol. The highest BCUT2D eigenvalue weighted by Gasteiger charge is 2.61. The van der Waals surface area contributed by atoms with Gasteiger partial charge < -0.3 is 9.67 Å². The highest BCUT2D eigenvalue weighted by atomic mass is 16.4. The zero-order valence-corrected chi connectivity index (χ0v) is 16.2. The Balaban J connectivity index is 2.01. The third kappa shape index (κ3) is 2.08. The summed E-state index contributed by atoms with van der Waals surface area (Å²) in [5.74, 6) is -0.615. The Hall–Kier alpha value is -1.81. The molecule has 0 aliphatic carbocycles. The zero-order chi connectivity index (χ0) is 18.5. The number of piperidine rings is 1. The molecule has 2 aliphatic heterocycles. The molecule has 0 spiro atoms. The second-order valence-electron chi connectivity index (χ2n) is 8.31. The summed E-state index contributed by atoms with van der Waals surface area (Å²) in [6, 6.07) is 8.54. The minimum atomic E-state index is -0.710. The number of hydrogen-bond acceptors (Lipinski definition) is 2. The topological polar surface area (TPSA) is 45.5 Å². The van der Waals surface area contributed by atoms with E-state index < -0.39 is 16.9 Å². The van der Waals surface area contributed by atoms with Crippen LogP contribution in [0, 0.1) is 5.41 Å². The summed E-state index contributed by atoms with van der Waals surface area (Å²) < 4.78 is 2.28. The van der Waals surface area contributed by atoms with E-state index in [1.807, 2.05) is 0 Å². The number of aliphatic carboxylic acids is 1. The minimum Gasteiger partial charge on any atom is -0.481 e. The lowest BCUT2D eigenvalue weighted by Crippen LogP contribution is -2.65. The van der Waals surface area contributed by atoms with E-state index in [4.69, 9.17) is 0 Å². The molecule has 140 valence electrons. The average Bonchev–Trinajstić information content (AvgIpc) is 2.93. The van der Waals surface area contributed by atoms with E-state index in [-0.39, 0.29) is 0 Å². The van der Waals surface area contributed by atoms with Crippen molar-refractivity contribution in [2.24, 2.45) is 12.5 Å². The predicted octanol–water partition coefficient (Wildman–Crippen LogP) is 4.31. The van der Waals surface area contributed by atoms with Crippen LogP contribution in [0.4, 0.5) is 0 Å². The van der Waals surface area contributed by atoms with Gasteiger partial charge in [0, 0.05) is 30.2 Å². The SMILES string of the molecule is CCCCC1(C(=O)O)CCCN2CCc3c(n(C)c4ccccc34)C21C. The molecule has 2 aliphatic rings. The summed E-state index contributed by atoms with van der Waals surface area (Å²) in [7, 11) is 2.12. The van der Waals surface area contributed by atoms with E-state index in [1.54, 1.807) is 0 Å². The quantitative estimate of drug-likeness (QED) is 0.890. The molecule has 2 aromatic rings. The lowest BCUT2D eigenvalue weighted by atomic mass is 9.58. The third-order valence-corrected chi connectivity index (χ3v) is 7.27. The van der Waals surface area contributed by atoms with Gasteiger partial charge in [-0.2, -0.15) is 0 Å². The van der Waals surface area contributed by atoms with Gasteiger partial charge in [0.1, 0.15) is 0 Å². The fourth-order valence-corrected chi connectivity index (χ4v) is 5.91. The van der Waals surface area contributed by atoms with Crippen molar-refractivity contribution >= 4 is 16.9 Å². The van der Waals surface area contributed by atoms with Crippen molar-refractivity contribution in [3.05, 3.63) is 35.5 Å². The Bertz CT molecular complexity index is 855. The first-order valence-corrected chi connectivity index (χ1v) is 10.0. The number of unbranched alkanes of at least 4 members (excludes halogenated alkanes) is 1. The predicted molar refractivity (Wildman–Crippen MR) is 104 cm³/mol. The Morgan fingerprint density at radius 3 is 2.77 bits per heavy atom. The molecule has 4 rings (SSSR count). The number of nitrogens with zero attached hydrogens (tertiary/aromatic N) is 2. The summed E-state index contributed by atoms with van der Waals surface area (Å²) in [4.78, 5) is 15.2. The van der Waals surface area contributed by atoms with Crippen molar-refractivity contribution in [2.45, 2.75) is 57.9 Å². The lowest BCUT2D eigenvalue weighted by Gasteiger charge is -2.58. The van der Waals surface area contributed by atoms with Crippen LogP contribution < -0.4 is 0 Å². The first-order valence-electron chi connectivity index (χ1n) is 10.0. The van der Waals surface area contributed by atoms with Gasteiger partial charge in [0.05, 0.1) is 11.0 Å². The molecule has 0 bridgehead atoms. The van der Waals surface area contributed by atoms with Gasteiger partial charge in [0.2, 0.25) is 0 Å². The number of carboxylic acids is 1. The molecule has 0 saturated carbocycles. The van der Waals surface area contributed by atoms with Gasteiger partial charge in [-0.1, -0.05) is 38.0 Å². The van der Waals surface area contributed by atoms with Crippen LogP contribution in [0.25, 0.3) is 10.9 Å². The molecule has 1 N–H and O–H groups in total. The van der Waals surface area contributed by atoms with E-state index in [2.05, 4.69) is 54.6 Å². The fraction of sp³-hybridized carbons (Fsp3) is 0.591. The fourth-order valence-electron chi connectivity index (χ4n) is 5.91. The van der Waals surface area contributed by atoms with E-state index in [1.165, 1.54) is 22.2 Å². The van der Waals surface area contributed by atoms with Gasteiger partial charge in [-0.25, -0.2) is 0 Å². The lowest BCUT2D eigenvalue weighted by molar-refractivity contribution is -0.171. The van der Waals surface area contributed by atoms with Crippen LogP contribution in [-0.4, -0.2) is 33.6 Å². The summed E-state index contributed by atoms with van der Waals surface area (Å²) in [6.07, 6.45) is 5.52. The Labute approximate surface area is 155 Å². The largest absolute Gasteiger partial charge is 0.481 e. The first-order chi connectivity index (χ1) is 12.5. The van der Waals surface area contributed by atoms with Gasteiger partial charge >= 0.3 is 5.97 Å². The molecule has 4 heteroatoms. The molecule has 4 nitrogen and oxygen atoms in total. The van der Waals surface area contributed by atoms with Crippen LogP contribution in [0.2, 0.25) is 0 Å². The molecule has 0 amide bonds. The van der Waals surface area contributed by atoms with Gasteiger partial charge in [-0.3, -0.25) is 9.69 Å². The van der Waals surface area contributed by atoms with Crippen molar-refractivity contribution in [3.8, 4) is 0 Å². The maximum atomic E-state index is 12.7. The molecule has 2 atom stereocenters. The maximum Gasteiger partial charge on any atom is 0.311 e. The Morgan fingerprint density at radius 1 is 1.27 bits per heavy atom. The van der Waals surface area contributed by atoms with Crippen LogP contribution in [0.15, 0.2) is 24.3 Å². The minimum absolute atomic E-state index is 0.451. The Kier molecular flexibility index (Phi) is 4.14. The zero-order valence-electron chi connectivity index (χ0n) is 16.2. The molecular formula is C22H30N2O2. The molecule has 26 heavy (non-hydrogen) atoms. The second kappa shape index (κ2) is 6.12. The molecule has 0 radical (unpaired) electrons. The number of para-hydroxylation sites is 1. The third-order valence-electron chi connectivity index (χ3n) is 7.27. The second-order valence-corrected chi connectivity index (χ2v) is 8.31. The molecule has 1 saturated heterocycles. The van der Waals surface area contributed by atoms with Crippen LogP contribution in [-0.2, 0) is 23.8 Å². The van der Waals surface area contributed by atoms with Gasteiger partial charge in [0.15, 0.2) is 0 Å². The van der Waals surface area contributed by atoms with Crippen molar-refractivity contribution in [1.82, 2.24) is 9.47 Å². The standard InChI is InChI=1S/C22H30N2O2/c1-4-5-12-22(20(25)26)13-8-14-24-15-11-17-16-9-6-7-10-18(16)23(3)19(17)21(22,24)2/h6-7,9-10H,4-5,8,11-15H2,1-3H3,(H,25,26). The summed E-state index contributed by atoms with van der Waals surface area (Å²) in [6.45, 7) is 6.33. The number of rotatable bonds is 4. The molecule has 1 fully saturated rings. The maximum absolute atomic E-state index is 12.7. The number of aryl methyl sites for hydroxylation is 1. The summed E-state index contributed by atoms with van der Waals surface area (Å²) in [5, 5.41) is 11.8. The number of carboxylic acid groups (broad SMARTS) is 1. The number of aromatic nitrogens is 1. The van der Waals surface area contributed by atoms with Crippen molar-refractivity contribution < 1.29 is 9.90 Å². The molecule has 1 aromatic heterocycles. The number of hydrogen-bond donors (Lipinski definition) is 1. The van der Waals surface area contributed by atoms with E-state index in [9.17, 15) is 9.90 Å². The molecule has 1 aromatic carbocycles. The van der Waals surface area contributed by atoms with Crippen LogP contribution in [0.3, 0.4) is 0 Å². The van der Waals surface area contributed by atoms with Crippen molar-refractivity contribution in [1.29, 1.82) is 0 Å². The van der Waals surface area contributed by atoms with Gasteiger partial charge in [0.25, 0.3) is 0 Å². The van der Waals surface area contributed by atoms with Gasteiger partial charge in [-0.15, -0.1) is 0 Å². The van der Waals surface area contributed by atoms with Crippen LogP contribution in [0.5, 0.6) is 0 Å². The number of carbonyl (C=O) groups is 1. The normalized spacial score (nSPS) is 28.7. The van der Waals surface area contributed by atoms with Crippen molar-refractivity contribution in [3.63, 3.8) is 0 Å². The summed E-state index contributed by atoms with van der Waals surface area (Å²) >= 11 is 0.